The number of nitrogen functional groups attached to an aromatic ring is 1. The summed E-state index contributed by atoms with van der Waals surface area (Å²) in [6.45, 7) is 0. The zero-order valence-corrected chi connectivity index (χ0v) is 10.4. The Kier molecular flexibility index (Phi) is 3.71. The Morgan fingerprint density at radius 3 is 2.71 bits per heavy atom. The second kappa shape index (κ2) is 5.25. The van der Waals surface area contributed by atoms with Gasteiger partial charge in [-0.2, -0.15) is 0 Å². The van der Waals surface area contributed by atoms with Gasteiger partial charge in [-0.25, -0.2) is 9.97 Å². The topological polar surface area (TPSA) is 68.9 Å². The van der Waals surface area contributed by atoms with Crippen molar-refractivity contribution in [1.82, 2.24) is 9.97 Å². The average molecular weight is 268 g/mol. The molecule has 6 heteroatoms. The molecule has 0 aliphatic carbocycles. The zero-order chi connectivity index (χ0) is 12.3. The first-order valence-corrected chi connectivity index (χ1v) is 6.56. The molecule has 0 spiro atoms. The molecule has 1 heterocycles. The molecule has 1 aromatic carbocycles. The SMILES string of the molecule is Nc1ccc(Cl)c(S(=O)Cc2ncccn2)c1. The van der Waals surface area contributed by atoms with Crippen molar-refractivity contribution in [3.05, 3.63) is 47.5 Å². The van der Waals surface area contributed by atoms with Crippen LogP contribution >= 0.6 is 11.6 Å². The molecular weight excluding hydrogens is 258 g/mol. The summed E-state index contributed by atoms with van der Waals surface area (Å²) in [6.07, 6.45) is 3.22. The number of hydrogen-bond acceptors (Lipinski definition) is 4. The molecular formula is C11H10ClN3OS. The number of benzene rings is 1. The highest BCUT2D eigenvalue weighted by atomic mass is 35.5. The molecule has 0 bridgehead atoms. The van der Waals surface area contributed by atoms with Crippen molar-refractivity contribution in [1.29, 1.82) is 0 Å². The van der Waals surface area contributed by atoms with Crippen molar-refractivity contribution in [2.45, 2.75) is 10.6 Å². The Morgan fingerprint density at radius 1 is 1.29 bits per heavy atom. The molecule has 0 amide bonds. The van der Waals surface area contributed by atoms with Gasteiger partial charge in [0.1, 0.15) is 5.82 Å². The maximum absolute atomic E-state index is 12.1. The molecule has 2 N–H and O–H groups in total. The van der Waals surface area contributed by atoms with Gasteiger partial charge in [0.15, 0.2) is 0 Å². The molecule has 1 unspecified atom stereocenters. The zero-order valence-electron chi connectivity index (χ0n) is 8.84. The fourth-order valence-corrected chi connectivity index (χ4v) is 2.76. The van der Waals surface area contributed by atoms with Crippen LogP contribution in [-0.2, 0) is 16.6 Å². The summed E-state index contributed by atoms with van der Waals surface area (Å²) in [5.74, 6) is 0.744. The van der Waals surface area contributed by atoms with E-state index in [1.54, 1.807) is 36.7 Å². The molecule has 0 saturated heterocycles. The lowest BCUT2D eigenvalue weighted by molar-refractivity contribution is 0.681. The predicted molar refractivity (Wildman–Crippen MR) is 68.0 cm³/mol. The molecule has 0 aliphatic heterocycles. The summed E-state index contributed by atoms with van der Waals surface area (Å²) in [7, 11) is -1.29. The van der Waals surface area contributed by atoms with Crippen molar-refractivity contribution in [3.8, 4) is 0 Å². The predicted octanol–water partition coefficient (Wildman–Crippen LogP) is 2.02. The van der Waals surface area contributed by atoms with Crippen molar-refractivity contribution in [3.63, 3.8) is 0 Å². The van der Waals surface area contributed by atoms with Gasteiger partial charge in [-0.05, 0) is 24.3 Å². The van der Waals surface area contributed by atoms with Crippen LogP contribution in [0.15, 0.2) is 41.6 Å². The average Bonchev–Trinajstić information content (AvgIpc) is 2.33. The minimum Gasteiger partial charge on any atom is -0.399 e. The molecule has 88 valence electrons. The van der Waals surface area contributed by atoms with Crippen molar-refractivity contribution in [2.75, 3.05) is 5.73 Å². The number of nitrogens with two attached hydrogens (primary N) is 1. The normalized spacial score (nSPS) is 12.3. The van der Waals surface area contributed by atoms with Crippen LogP contribution in [0.2, 0.25) is 5.02 Å². The van der Waals surface area contributed by atoms with E-state index in [4.69, 9.17) is 17.3 Å². The Hall–Kier alpha value is -1.46. The molecule has 0 fully saturated rings. The third-order valence-electron chi connectivity index (χ3n) is 2.08. The second-order valence-electron chi connectivity index (χ2n) is 3.34. The molecule has 2 aromatic rings. The van der Waals surface area contributed by atoms with E-state index in [0.717, 1.165) is 0 Å². The lowest BCUT2D eigenvalue weighted by Gasteiger charge is -2.04. The van der Waals surface area contributed by atoms with E-state index in [9.17, 15) is 4.21 Å². The summed E-state index contributed by atoms with van der Waals surface area (Å²) in [6, 6.07) is 6.62. The third kappa shape index (κ3) is 3.01. The number of aromatic nitrogens is 2. The van der Waals surface area contributed by atoms with Gasteiger partial charge >= 0.3 is 0 Å². The minimum atomic E-state index is -1.29. The summed E-state index contributed by atoms with van der Waals surface area (Å²) < 4.78 is 12.1. The fourth-order valence-electron chi connectivity index (χ4n) is 1.29. The molecule has 1 aromatic heterocycles. The smallest absolute Gasteiger partial charge is 0.141 e. The molecule has 0 saturated carbocycles. The molecule has 4 nitrogen and oxygen atoms in total. The van der Waals surface area contributed by atoms with Gasteiger partial charge in [-0.3, -0.25) is 4.21 Å². The number of halogens is 1. The van der Waals surface area contributed by atoms with Gasteiger partial charge in [0.2, 0.25) is 0 Å². The van der Waals surface area contributed by atoms with Crippen LogP contribution in [0.3, 0.4) is 0 Å². The highest BCUT2D eigenvalue weighted by molar-refractivity contribution is 7.84. The summed E-state index contributed by atoms with van der Waals surface area (Å²) in [4.78, 5) is 8.55. The lowest BCUT2D eigenvalue weighted by atomic mass is 10.3. The largest absolute Gasteiger partial charge is 0.399 e. The van der Waals surface area contributed by atoms with Crippen molar-refractivity contribution in [2.24, 2.45) is 0 Å². The van der Waals surface area contributed by atoms with E-state index >= 15 is 0 Å². The van der Waals surface area contributed by atoms with E-state index in [0.29, 0.717) is 21.4 Å². The van der Waals surface area contributed by atoms with E-state index in [-0.39, 0.29) is 5.75 Å². The number of hydrogen-bond donors (Lipinski definition) is 1. The summed E-state index contributed by atoms with van der Waals surface area (Å²) in [5, 5.41) is 0.438. The van der Waals surface area contributed by atoms with Crippen LogP contribution in [0.4, 0.5) is 5.69 Å². The van der Waals surface area contributed by atoms with Crippen LogP contribution in [0, 0.1) is 0 Å². The first-order chi connectivity index (χ1) is 8.16. The van der Waals surface area contributed by atoms with Gasteiger partial charge in [0.25, 0.3) is 0 Å². The quantitative estimate of drug-likeness (QED) is 0.864. The van der Waals surface area contributed by atoms with E-state index < -0.39 is 10.8 Å². The standard InChI is InChI=1S/C11H10ClN3OS/c12-9-3-2-8(13)6-10(9)17(16)7-11-14-4-1-5-15-11/h1-6H,7,13H2. The minimum absolute atomic E-state index is 0.226. The maximum atomic E-state index is 12.1. The third-order valence-corrected chi connectivity index (χ3v) is 3.87. The highest BCUT2D eigenvalue weighted by Gasteiger charge is 2.11. The second-order valence-corrected chi connectivity index (χ2v) is 5.17. The van der Waals surface area contributed by atoms with E-state index in [1.165, 1.54) is 0 Å². The van der Waals surface area contributed by atoms with Gasteiger partial charge in [-0.15, -0.1) is 0 Å². The van der Waals surface area contributed by atoms with Crippen LogP contribution in [-0.4, -0.2) is 14.2 Å². The lowest BCUT2D eigenvalue weighted by Crippen LogP contribution is -2.02. The molecule has 2 rings (SSSR count). The number of rotatable bonds is 3. The summed E-state index contributed by atoms with van der Waals surface area (Å²) >= 11 is 5.97. The van der Waals surface area contributed by atoms with Crippen molar-refractivity contribution < 1.29 is 4.21 Å². The monoisotopic (exact) mass is 267 g/mol. The first kappa shape index (κ1) is 12.0. The van der Waals surface area contributed by atoms with Gasteiger partial charge in [0.05, 0.1) is 26.5 Å². The molecule has 1 atom stereocenters. The Labute approximate surface area is 106 Å². The van der Waals surface area contributed by atoms with Crippen LogP contribution in [0.1, 0.15) is 5.82 Å². The van der Waals surface area contributed by atoms with Gasteiger partial charge < -0.3 is 5.73 Å². The Morgan fingerprint density at radius 2 is 2.00 bits per heavy atom. The van der Waals surface area contributed by atoms with E-state index in [2.05, 4.69) is 9.97 Å². The number of anilines is 1. The van der Waals surface area contributed by atoms with Gasteiger partial charge in [-0.1, -0.05) is 11.6 Å². The molecule has 0 aliphatic rings. The molecule has 17 heavy (non-hydrogen) atoms. The number of nitrogens with zero attached hydrogens (tertiary/aromatic N) is 2. The Balaban J connectivity index is 2.23. The van der Waals surface area contributed by atoms with Crippen molar-refractivity contribution >= 4 is 28.1 Å². The van der Waals surface area contributed by atoms with E-state index in [1.807, 2.05) is 0 Å². The highest BCUT2D eigenvalue weighted by Crippen LogP contribution is 2.23. The van der Waals surface area contributed by atoms with Crippen LogP contribution in [0.5, 0.6) is 0 Å². The first-order valence-electron chi connectivity index (χ1n) is 4.86. The summed E-state index contributed by atoms with van der Waals surface area (Å²) in [5.41, 5.74) is 6.17. The Bertz CT molecular complexity index is 548. The van der Waals surface area contributed by atoms with Crippen LogP contribution in [0.25, 0.3) is 0 Å². The van der Waals surface area contributed by atoms with Gasteiger partial charge in [0, 0.05) is 18.1 Å². The maximum Gasteiger partial charge on any atom is 0.141 e. The molecule has 0 radical (unpaired) electrons. The van der Waals surface area contributed by atoms with Crippen LogP contribution < -0.4 is 5.73 Å². The fraction of sp³-hybridized carbons (Fsp3) is 0.0909.